The lowest BCUT2D eigenvalue weighted by atomic mass is 10.2. The lowest BCUT2D eigenvalue weighted by Gasteiger charge is -1.96. The molecule has 0 saturated carbocycles. The first kappa shape index (κ1) is 13.6. The van der Waals surface area contributed by atoms with E-state index in [-0.39, 0.29) is 0 Å². The van der Waals surface area contributed by atoms with Gasteiger partial charge in [-0.1, -0.05) is 71.4 Å². The van der Waals surface area contributed by atoms with Gasteiger partial charge in [0.15, 0.2) is 0 Å². The van der Waals surface area contributed by atoms with E-state index in [1.54, 1.807) is 4.68 Å². The number of hydrogen-bond donors (Lipinski definition) is 0. The van der Waals surface area contributed by atoms with E-state index >= 15 is 0 Å². The molecule has 2 aromatic carbocycles. The molecule has 0 amide bonds. The summed E-state index contributed by atoms with van der Waals surface area (Å²) in [5.74, 6) is 0. The van der Waals surface area contributed by atoms with E-state index in [0.717, 1.165) is 11.3 Å². The molecule has 0 N–H and O–H groups in total. The fourth-order valence-electron chi connectivity index (χ4n) is 2.03. The Labute approximate surface area is 128 Å². The zero-order valence-electron chi connectivity index (χ0n) is 11.4. The van der Waals surface area contributed by atoms with Gasteiger partial charge in [0.05, 0.1) is 12.7 Å². The number of aromatic nitrogens is 3. The molecule has 0 aliphatic carbocycles. The maximum Gasteiger partial charge on any atom is 0.113 e. The van der Waals surface area contributed by atoms with Gasteiger partial charge in [0.1, 0.15) is 5.69 Å². The molecule has 3 aromatic rings. The number of benzene rings is 2. The predicted octanol–water partition coefficient (Wildman–Crippen LogP) is 4.31. The Kier molecular flexibility index (Phi) is 4.12. The van der Waals surface area contributed by atoms with Crippen LogP contribution in [0.4, 0.5) is 0 Å². The van der Waals surface area contributed by atoms with Gasteiger partial charge in [-0.25, -0.2) is 4.68 Å². The normalized spacial score (nSPS) is 11.1. The molecule has 1 aromatic heterocycles. The highest BCUT2D eigenvalue weighted by atomic mass is 35.5. The quantitative estimate of drug-likeness (QED) is 0.718. The van der Waals surface area contributed by atoms with E-state index in [9.17, 15) is 0 Å². The third-order valence-electron chi connectivity index (χ3n) is 3.06. The van der Waals surface area contributed by atoms with Crippen LogP contribution in [0.25, 0.3) is 17.3 Å². The average molecular weight is 296 g/mol. The fourth-order valence-corrected chi connectivity index (χ4v) is 2.22. The Morgan fingerprint density at radius 1 is 1.05 bits per heavy atom. The fraction of sp³-hybridized carbons (Fsp3) is 0.0588. The predicted molar refractivity (Wildman–Crippen MR) is 85.9 cm³/mol. The van der Waals surface area contributed by atoms with Gasteiger partial charge in [-0.15, -0.1) is 5.10 Å². The molecule has 0 spiro atoms. The van der Waals surface area contributed by atoms with Crippen molar-refractivity contribution in [3.05, 3.63) is 77.5 Å². The smallest absolute Gasteiger partial charge is 0.113 e. The number of nitrogens with zero attached hydrogens (tertiary/aromatic N) is 3. The highest BCUT2D eigenvalue weighted by Crippen LogP contribution is 2.20. The molecule has 3 rings (SSSR count). The van der Waals surface area contributed by atoms with Gasteiger partial charge in [-0.05, 0) is 17.7 Å². The van der Waals surface area contributed by atoms with Crippen molar-refractivity contribution in [3.8, 4) is 11.3 Å². The highest BCUT2D eigenvalue weighted by Gasteiger charge is 2.03. The zero-order valence-corrected chi connectivity index (χ0v) is 12.1. The summed E-state index contributed by atoms with van der Waals surface area (Å²) in [4.78, 5) is 0. The minimum Gasteiger partial charge on any atom is -0.248 e. The molecule has 0 fully saturated rings. The van der Waals surface area contributed by atoms with Crippen LogP contribution in [0.3, 0.4) is 0 Å². The van der Waals surface area contributed by atoms with Crippen molar-refractivity contribution in [2.75, 3.05) is 0 Å². The average Bonchev–Trinajstić information content (AvgIpc) is 2.97. The molecule has 4 heteroatoms. The second-order valence-corrected chi connectivity index (χ2v) is 5.09. The molecular weight excluding hydrogens is 282 g/mol. The van der Waals surface area contributed by atoms with Crippen LogP contribution in [-0.4, -0.2) is 15.0 Å². The monoisotopic (exact) mass is 295 g/mol. The zero-order chi connectivity index (χ0) is 14.5. The Hall–Kier alpha value is -2.39. The lowest BCUT2D eigenvalue weighted by Crippen LogP contribution is -1.95. The molecule has 0 atom stereocenters. The Bertz CT molecular complexity index is 747. The summed E-state index contributed by atoms with van der Waals surface area (Å²) in [6, 6.07) is 17.8. The number of halogens is 1. The Morgan fingerprint density at radius 2 is 1.90 bits per heavy atom. The summed E-state index contributed by atoms with van der Waals surface area (Å²) < 4.78 is 1.80. The topological polar surface area (TPSA) is 30.7 Å². The molecule has 0 bridgehead atoms. The third-order valence-corrected chi connectivity index (χ3v) is 3.30. The summed E-state index contributed by atoms with van der Waals surface area (Å²) in [6.45, 7) is 0.683. The molecule has 0 aliphatic heterocycles. The molecular formula is C17H14ClN3. The van der Waals surface area contributed by atoms with Gasteiger partial charge in [-0.3, -0.25) is 0 Å². The van der Waals surface area contributed by atoms with Crippen LogP contribution >= 0.6 is 11.6 Å². The number of hydrogen-bond acceptors (Lipinski definition) is 2. The van der Waals surface area contributed by atoms with Crippen molar-refractivity contribution in [1.82, 2.24) is 15.0 Å². The standard InChI is InChI=1S/C17H14ClN3/c18-16-10-4-9-15(12-16)17-13-21(20-19-17)11-5-8-14-6-2-1-3-7-14/h1-10,12-13H,11H2/b8-5+. The summed E-state index contributed by atoms with van der Waals surface area (Å²) in [7, 11) is 0. The van der Waals surface area contributed by atoms with Gasteiger partial charge in [-0.2, -0.15) is 0 Å². The maximum absolute atomic E-state index is 5.99. The maximum atomic E-state index is 5.99. The summed E-state index contributed by atoms with van der Waals surface area (Å²) >= 11 is 5.99. The van der Waals surface area contributed by atoms with E-state index in [0.29, 0.717) is 11.6 Å². The van der Waals surface area contributed by atoms with Crippen LogP contribution < -0.4 is 0 Å². The molecule has 0 aliphatic rings. The molecule has 1 heterocycles. The Balaban J connectivity index is 1.70. The van der Waals surface area contributed by atoms with E-state index < -0.39 is 0 Å². The first-order valence-electron chi connectivity index (χ1n) is 6.69. The van der Waals surface area contributed by atoms with Crippen LogP contribution in [0.2, 0.25) is 5.02 Å². The van der Waals surface area contributed by atoms with Crippen LogP contribution in [0.15, 0.2) is 66.9 Å². The van der Waals surface area contributed by atoms with E-state index in [4.69, 9.17) is 11.6 Å². The van der Waals surface area contributed by atoms with E-state index in [1.165, 1.54) is 5.56 Å². The third kappa shape index (κ3) is 3.58. The van der Waals surface area contributed by atoms with Crippen molar-refractivity contribution < 1.29 is 0 Å². The van der Waals surface area contributed by atoms with Crippen molar-refractivity contribution in [2.45, 2.75) is 6.54 Å². The number of allylic oxidation sites excluding steroid dienone is 1. The SMILES string of the molecule is Clc1cccc(-c2cn(C/C=C/c3ccccc3)nn2)c1. The largest absolute Gasteiger partial charge is 0.248 e. The first-order valence-corrected chi connectivity index (χ1v) is 7.07. The molecule has 21 heavy (non-hydrogen) atoms. The molecule has 0 saturated heterocycles. The summed E-state index contributed by atoms with van der Waals surface area (Å²) in [5, 5.41) is 9.00. The van der Waals surface area contributed by atoms with Crippen molar-refractivity contribution in [2.24, 2.45) is 0 Å². The molecule has 0 radical (unpaired) electrons. The van der Waals surface area contributed by atoms with Gasteiger partial charge in [0, 0.05) is 10.6 Å². The van der Waals surface area contributed by atoms with Gasteiger partial charge >= 0.3 is 0 Å². The second-order valence-electron chi connectivity index (χ2n) is 4.65. The van der Waals surface area contributed by atoms with Gasteiger partial charge < -0.3 is 0 Å². The van der Waals surface area contributed by atoms with Crippen molar-refractivity contribution in [3.63, 3.8) is 0 Å². The molecule has 0 unspecified atom stereocenters. The first-order chi connectivity index (χ1) is 10.3. The van der Waals surface area contributed by atoms with Gasteiger partial charge in [0.2, 0.25) is 0 Å². The second kappa shape index (κ2) is 6.37. The van der Waals surface area contributed by atoms with Crippen LogP contribution in [0.1, 0.15) is 5.56 Å². The van der Waals surface area contributed by atoms with Crippen LogP contribution in [0.5, 0.6) is 0 Å². The molecule has 3 nitrogen and oxygen atoms in total. The van der Waals surface area contributed by atoms with Crippen LogP contribution in [0, 0.1) is 0 Å². The van der Waals surface area contributed by atoms with Gasteiger partial charge in [0.25, 0.3) is 0 Å². The minimum atomic E-state index is 0.683. The lowest BCUT2D eigenvalue weighted by molar-refractivity contribution is 0.663. The summed E-state index contributed by atoms with van der Waals surface area (Å²) in [5.41, 5.74) is 2.97. The Morgan fingerprint density at radius 3 is 2.71 bits per heavy atom. The van der Waals surface area contributed by atoms with Crippen LogP contribution in [-0.2, 0) is 6.54 Å². The van der Waals surface area contributed by atoms with Crippen molar-refractivity contribution in [1.29, 1.82) is 0 Å². The summed E-state index contributed by atoms with van der Waals surface area (Å²) in [6.07, 6.45) is 6.05. The van der Waals surface area contributed by atoms with E-state index in [1.807, 2.05) is 48.7 Å². The molecule has 104 valence electrons. The minimum absolute atomic E-state index is 0.683. The van der Waals surface area contributed by atoms with Crippen molar-refractivity contribution >= 4 is 17.7 Å². The number of rotatable bonds is 4. The van der Waals surface area contributed by atoms with E-state index in [2.05, 4.69) is 34.6 Å². The highest BCUT2D eigenvalue weighted by molar-refractivity contribution is 6.30.